The van der Waals surface area contributed by atoms with E-state index in [4.69, 9.17) is 9.47 Å². The number of carbonyl (C=O) groups is 1. The number of benzene rings is 2. The molecule has 0 radical (unpaired) electrons. The van der Waals surface area contributed by atoms with Crippen molar-refractivity contribution < 1.29 is 14.3 Å². The Morgan fingerprint density at radius 1 is 1.00 bits per heavy atom. The summed E-state index contributed by atoms with van der Waals surface area (Å²) in [6.45, 7) is 4.02. The minimum absolute atomic E-state index is 0.00285. The van der Waals surface area contributed by atoms with E-state index >= 15 is 0 Å². The van der Waals surface area contributed by atoms with Crippen molar-refractivity contribution in [3.05, 3.63) is 59.2 Å². The first-order valence-corrected chi connectivity index (χ1v) is 6.48. The number of hydrogen-bond donors (Lipinski definition) is 0. The lowest BCUT2D eigenvalue weighted by Gasteiger charge is -2.10. The van der Waals surface area contributed by atoms with Gasteiger partial charge in [-0.3, -0.25) is 4.79 Å². The molecule has 2 rings (SSSR count). The number of methoxy groups -OCH3 is 1. The molecule has 3 nitrogen and oxygen atoms in total. The van der Waals surface area contributed by atoms with Crippen LogP contribution in [0, 0.1) is 13.8 Å². The van der Waals surface area contributed by atoms with Crippen LogP contribution in [0.5, 0.6) is 11.5 Å². The first kappa shape index (κ1) is 14.1. The van der Waals surface area contributed by atoms with E-state index in [1.165, 1.54) is 5.56 Å². The molecule has 0 fully saturated rings. The summed E-state index contributed by atoms with van der Waals surface area (Å²) in [5.41, 5.74) is 2.95. The van der Waals surface area contributed by atoms with Crippen LogP contribution in [0.25, 0.3) is 0 Å². The van der Waals surface area contributed by atoms with Gasteiger partial charge in [0.05, 0.1) is 7.11 Å². The molecule has 2 aromatic carbocycles. The second kappa shape index (κ2) is 6.24. The van der Waals surface area contributed by atoms with Crippen molar-refractivity contribution in [1.82, 2.24) is 0 Å². The molecule has 0 heterocycles. The summed E-state index contributed by atoms with van der Waals surface area (Å²) < 4.78 is 10.7. The molecule has 0 aliphatic carbocycles. The number of ketones is 1. The molecule has 0 saturated carbocycles. The number of carbonyl (C=O) groups excluding carboxylic acids is 1. The van der Waals surface area contributed by atoms with Gasteiger partial charge in [-0.25, -0.2) is 0 Å². The smallest absolute Gasteiger partial charge is 0.200 e. The predicted molar refractivity (Wildman–Crippen MR) is 78.7 cm³/mol. The van der Waals surface area contributed by atoms with Crippen molar-refractivity contribution in [3.63, 3.8) is 0 Å². The van der Waals surface area contributed by atoms with Crippen LogP contribution in [-0.4, -0.2) is 19.5 Å². The van der Waals surface area contributed by atoms with Crippen LogP contribution in [0.1, 0.15) is 21.5 Å². The number of hydrogen-bond acceptors (Lipinski definition) is 3. The standard InChI is InChI=1S/C17H18O3/c1-12-8-9-14(10-13(12)2)15(18)11-20-17-7-5-4-6-16(17)19-3/h4-10H,11H2,1-3H3. The summed E-state index contributed by atoms with van der Waals surface area (Å²) in [6.07, 6.45) is 0. The minimum atomic E-state index is -0.0426. The van der Waals surface area contributed by atoms with Crippen molar-refractivity contribution in [2.45, 2.75) is 13.8 Å². The third kappa shape index (κ3) is 3.18. The number of Topliss-reactive ketones (excluding diaryl/α,β-unsaturated/α-hetero) is 1. The quantitative estimate of drug-likeness (QED) is 0.779. The summed E-state index contributed by atoms with van der Waals surface area (Å²) in [5.74, 6) is 1.16. The molecule has 0 spiro atoms. The summed E-state index contributed by atoms with van der Waals surface area (Å²) in [6, 6.07) is 13.0. The average molecular weight is 270 g/mol. The minimum Gasteiger partial charge on any atom is -0.493 e. The van der Waals surface area contributed by atoms with Crippen LogP contribution < -0.4 is 9.47 Å². The number of aryl methyl sites for hydroxylation is 2. The van der Waals surface area contributed by atoms with E-state index < -0.39 is 0 Å². The van der Waals surface area contributed by atoms with Crippen LogP contribution in [0.2, 0.25) is 0 Å². The lowest BCUT2D eigenvalue weighted by atomic mass is 10.0. The van der Waals surface area contributed by atoms with Crippen LogP contribution in [0.15, 0.2) is 42.5 Å². The molecule has 0 bridgehead atoms. The maximum absolute atomic E-state index is 12.1. The Balaban J connectivity index is 2.06. The number of rotatable bonds is 5. The van der Waals surface area contributed by atoms with Gasteiger partial charge < -0.3 is 9.47 Å². The molecule has 2 aromatic rings. The lowest BCUT2D eigenvalue weighted by molar-refractivity contribution is 0.0919. The highest BCUT2D eigenvalue weighted by Crippen LogP contribution is 2.25. The van der Waals surface area contributed by atoms with Gasteiger partial charge in [-0.05, 0) is 43.2 Å². The van der Waals surface area contributed by atoms with E-state index in [1.807, 2.05) is 44.2 Å². The summed E-state index contributed by atoms with van der Waals surface area (Å²) in [7, 11) is 1.58. The number of para-hydroxylation sites is 2. The van der Waals surface area contributed by atoms with Gasteiger partial charge in [0.15, 0.2) is 23.9 Å². The van der Waals surface area contributed by atoms with Crippen LogP contribution in [-0.2, 0) is 0 Å². The first-order valence-electron chi connectivity index (χ1n) is 6.48. The maximum Gasteiger partial charge on any atom is 0.200 e. The van der Waals surface area contributed by atoms with Crippen molar-refractivity contribution in [1.29, 1.82) is 0 Å². The van der Waals surface area contributed by atoms with Gasteiger partial charge in [-0.2, -0.15) is 0 Å². The van der Waals surface area contributed by atoms with Gasteiger partial charge in [-0.1, -0.05) is 24.3 Å². The highest BCUT2D eigenvalue weighted by atomic mass is 16.5. The Labute approximate surface area is 119 Å². The van der Waals surface area contributed by atoms with E-state index in [1.54, 1.807) is 19.2 Å². The van der Waals surface area contributed by atoms with Gasteiger partial charge in [0.1, 0.15) is 0 Å². The third-order valence-electron chi connectivity index (χ3n) is 3.26. The maximum atomic E-state index is 12.1. The third-order valence-corrected chi connectivity index (χ3v) is 3.26. The first-order chi connectivity index (χ1) is 9.61. The monoisotopic (exact) mass is 270 g/mol. The molecular weight excluding hydrogens is 252 g/mol. The summed E-state index contributed by atoms with van der Waals surface area (Å²) in [4.78, 5) is 12.1. The zero-order chi connectivity index (χ0) is 14.5. The normalized spacial score (nSPS) is 10.2. The zero-order valence-corrected chi connectivity index (χ0v) is 12.0. The molecule has 20 heavy (non-hydrogen) atoms. The lowest BCUT2D eigenvalue weighted by Crippen LogP contribution is -2.12. The SMILES string of the molecule is COc1ccccc1OCC(=O)c1ccc(C)c(C)c1. The largest absolute Gasteiger partial charge is 0.493 e. The topological polar surface area (TPSA) is 35.5 Å². The highest BCUT2D eigenvalue weighted by molar-refractivity contribution is 5.97. The number of ether oxygens (including phenoxy) is 2. The van der Waals surface area contributed by atoms with Gasteiger partial charge >= 0.3 is 0 Å². The van der Waals surface area contributed by atoms with Gasteiger partial charge in [0, 0.05) is 5.56 Å². The van der Waals surface area contributed by atoms with Crippen LogP contribution in [0.4, 0.5) is 0 Å². The van der Waals surface area contributed by atoms with Crippen molar-refractivity contribution in [3.8, 4) is 11.5 Å². The molecular formula is C17H18O3. The Bertz CT molecular complexity index is 617. The Hall–Kier alpha value is -2.29. The van der Waals surface area contributed by atoms with Crippen LogP contribution >= 0.6 is 0 Å². The molecule has 104 valence electrons. The van der Waals surface area contributed by atoms with Crippen LogP contribution in [0.3, 0.4) is 0 Å². The molecule has 0 amide bonds. The Kier molecular flexibility index (Phi) is 4.41. The second-order valence-corrected chi connectivity index (χ2v) is 4.66. The molecule has 0 N–H and O–H groups in total. The molecule has 0 aliphatic heterocycles. The van der Waals surface area contributed by atoms with Crippen molar-refractivity contribution in [2.24, 2.45) is 0 Å². The van der Waals surface area contributed by atoms with Crippen molar-refractivity contribution >= 4 is 5.78 Å². The molecule has 0 unspecified atom stereocenters. The highest BCUT2D eigenvalue weighted by Gasteiger charge is 2.10. The molecule has 0 saturated heterocycles. The summed E-state index contributed by atoms with van der Waals surface area (Å²) in [5, 5.41) is 0. The fourth-order valence-corrected chi connectivity index (χ4v) is 1.88. The van der Waals surface area contributed by atoms with Gasteiger partial charge in [0.25, 0.3) is 0 Å². The fraction of sp³-hybridized carbons (Fsp3) is 0.235. The molecule has 0 atom stereocenters. The van der Waals surface area contributed by atoms with Crippen molar-refractivity contribution in [2.75, 3.05) is 13.7 Å². The van der Waals surface area contributed by atoms with E-state index in [2.05, 4.69) is 0 Å². The zero-order valence-electron chi connectivity index (χ0n) is 12.0. The molecule has 0 aromatic heterocycles. The van der Waals surface area contributed by atoms with E-state index in [0.29, 0.717) is 17.1 Å². The van der Waals surface area contributed by atoms with E-state index in [9.17, 15) is 4.79 Å². The Morgan fingerprint density at radius 2 is 1.70 bits per heavy atom. The Morgan fingerprint density at radius 3 is 2.35 bits per heavy atom. The molecule has 0 aliphatic rings. The average Bonchev–Trinajstić information content (AvgIpc) is 2.47. The van der Waals surface area contributed by atoms with Gasteiger partial charge in [-0.15, -0.1) is 0 Å². The predicted octanol–water partition coefficient (Wildman–Crippen LogP) is 3.57. The fourth-order valence-electron chi connectivity index (χ4n) is 1.88. The second-order valence-electron chi connectivity index (χ2n) is 4.66. The summed E-state index contributed by atoms with van der Waals surface area (Å²) >= 11 is 0. The van der Waals surface area contributed by atoms with E-state index in [0.717, 1.165) is 5.56 Å². The van der Waals surface area contributed by atoms with E-state index in [-0.39, 0.29) is 12.4 Å². The van der Waals surface area contributed by atoms with Gasteiger partial charge in [0.2, 0.25) is 0 Å². The molecule has 3 heteroatoms.